The number of aryl methyl sites for hydroxylation is 1. The molecular weight excluding hydrogens is 368 g/mol. The van der Waals surface area contributed by atoms with Gasteiger partial charge in [-0.25, -0.2) is 0 Å². The second-order valence-corrected chi connectivity index (χ2v) is 6.27. The second kappa shape index (κ2) is 6.05. The number of nitrogens with zero attached hydrogens (tertiary/aromatic N) is 4. The first kappa shape index (κ1) is 14.8. The molecular formula is C18H13BrN4O. The van der Waals surface area contributed by atoms with Crippen LogP contribution in [0.5, 0.6) is 0 Å². The second-order valence-electron chi connectivity index (χ2n) is 5.35. The summed E-state index contributed by atoms with van der Waals surface area (Å²) in [5.74, 6) is 1.06. The molecule has 0 bridgehead atoms. The highest BCUT2D eigenvalue weighted by Gasteiger charge is 2.12. The maximum absolute atomic E-state index is 5.41. The monoisotopic (exact) mass is 380 g/mol. The Kier molecular flexibility index (Phi) is 3.74. The van der Waals surface area contributed by atoms with Gasteiger partial charge in [-0.1, -0.05) is 45.4 Å². The minimum absolute atomic E-state index is 0.497. The minimum Gasteiger partial charge on any atom is -0.334 e. The third-order valence-electron chi connectivity index (χ3n) is 3.74. The van der Waals surface area contributed by atoms with Gasteiger partial charge in [-0.05, 0) is 30.3 Å². The molecule has 2 aromatic heterocycles. The van der Waals surface area contributed by atoms with Crippen molar-refractivity contribution in [3.8, 4) is 34.1 Å². The number of hydrogen-bond acceptors (Lipinski definition) is 4. The molecule has 6 heteroatoms. The number of hydrogen-bond donors (Lipinski definition) is 0. The summed E-state index contributed by atoms with van der Waals surface area (Å²) in [6.07, 6.45) is 1.78. The van der Waals surface area contributed by atoms with Crippen LogP contribution < -0.4 is 0 Å². The molecule has 118 valence electrons. The van der Waals surface area contributed by atoms with Gasteiger partial charge in [-0.2, -0.15) is 10.1 Å². The lowest BCUT2D eigenvalue weighted by Gasteiger charge is -2.03. The third kappa shape index (κ3) is 2.76. The zero-order chi connectivity index (χ0) is 16.5. The van der Waals surface area contributed by atoms with Crippen LogP contribution in [0.1, 0.15) is 0 Å². The number of benzene rings is 2. The first-order chi connectivity index (χ1) is 11.7. The molecule has 5 nitrogen and oxygen atoms in total. The zero-order valence-corrected chi connectivity index (χ0v) is 14.4. The average molecular weight is 381 g/mol. The van der Waals surface area contributed by atoms with E-state index in [4.69, 9.17) is 4.52 Å². The van der Waals surface area contributed by atoms with Crippen LogP contribution in [0.4, 0.5) is 0 Å². The van der Waals surface area contributed by atoms with Crippen LogP contribution in [0.15, 0.2) is 69.8 Å². The van der Waals surface area contributed by atoms with Crippen LogP contribution in [-0.2, 0) is 7.05 Å². The van der Waals surface area contributed by atoms with E-state index in [0.717, 1.165) is 26.9 Å². The van der Waals surface area contributed by atoms with Crippen LogP contribution in [0.25, 0.3) is 34.1 Å². The van der Waals surface area contributed by atoms with Crippen LogP contribution in [-0.4, -0.2) is 19.9 Å². The lowest BCUT2D eigenvalue weighted by atomic mass is 10.1. The molecule has 0 aliphatic heterocycles. The van der Waals surface area contributed by atoms with Gasteiger partial charge in [-0.3, -0.25) is 4.68 Å². The van der Waals surface area contributed by atoms with Gasteiger partial charge in [0.15, 0.2) is 0 Å². The fourth-order valence-electron chi connectivity index (χ4n) is 2.55. The minimum atomic E-state index is 0.497. The lowest BCUT2D eigenvalue weighted by Crippen LogP contribution is -1.93. The molecule has 0 fully saturated rings. The highest BCUT2D eigenvalue weighted by atomic mass is 79.9. The van der Waals surface area contributed by atoms with Crippen molar-refractivity contribution >= 4 is 15.9 Å². The largest absolute Gasteiger partial charge is 0.334 e. The maximum atomic E-state index is 5.41. The Balaban J connectivity index is 1.72. The summed E-state index contributed by atoms with van der Waals surface area (Å²) in [5, 5.41) is 8.32. The van der Waals surface area contributed by atoms with Crippen molar-refractivity contribution in [2.75, 3.05) is 0 Å². The highest BCUT2D eigenvalue weighted by molar-refractivity contribution is 9.10. The van der Waals surface area contributed by atoms with E-state index in [-0.39, 0.29) is 0 Å². The Morgan fingerprint density at radius 3 is 2.54 bits per heavy atom. The van der Waals surface area contributed by atoms with Crippen LogP contribution >= 0.6 is 15.9 Å². The van der Waals surface area contributed by atoms with Crippen LogP contribution in [0, 0.1) is 0 Å². The SMILES string of the molecule is Cn1nccc1-c1cccc(-c2noc(-c3cccc(Br)c3)n2)c1. The van der Waals surface area contributed by atoms with Gasteiger partial charge in [0.2, 0.25) is 5.82 Å². The molecule has 4 rings (SSSR count). The normalized spacial score (nSPS) is 10.9. The average Bonchev–Trinajstić information content (AvgIpc) is 3.24. The van der Waals surface area contributed by atoms with Crippen molar-refractivity contribution in [1.82, 2.24) is 19.9 Å². The standard InChI is InChI=1S/C18H13BrN4O/c1-23-16(8-9-20-23)12-4-2-5-13(10-12)17-21-18(24-22-17)14-6-3-7-15(19)11-14/h2-11H,1H3. The van der Waals surface area contributed by atoms with Crippen molar-refractivity contribution in [2.45, 2.75) is 0 Å². The van der Waals surface area contributed by atoms with Gasteiger partial charge in [0.25, 0.3) is 5.89 Å². The molecule has 0 aliphatic carbocycles. The summed E-state index contributed by atoms with van der Waals surface area (Å²) in [7, 11) is 1.92. The van der Waals surface area contributed by atoms with E-state index < -0.39 is 0 Å². The Morgan fingerprint density at radius 2 is 1.75 bits per heavy atom. The van der Waals surface area contributed by atoms with Crippen molar-refractivity contribution in [1.29, 1.82) is 0 Å². The highest BCUT2D eigenvalue weighted by Crippen LogP contribution is 2.27. The summed E-state index contributed by atoms with van der Waals surface area (Å²) < 4.78 is 8.22. The van der Waals surface area contributed by atoms with Gasteiger partial charge in [0, 0.05) is 34.4 Å². The molecule has 0 atom stereocenters. The lowest BCUT2D eigenvalue weighted by molar-refractivity contribution is 0.432. The molecule has 2 heterocycles. The fourth-order valence-corrected chi connectivity index (χ4v) is 2.95. The van der Waals surface area contributed by atoms with Gasteiger partial charge in [0.1, 0.15) is 0 Å². The molecule has 0 amide bonds. The van der Waals surface area contributed by atoms with Gasteiger partial charge in [-0.15, -0.1) is 0 Å². The Bertz CT molecular complexity index is 1010. The van der Waals surface area contributed by atoms with E-state index in [1.165, 1.54) is 0 Å². The predicted octanol–water partition coefficient (Wildman–Crippen LogP) is 4.57. The smallest absolute Gasteiger partial charge is 0.258 e. The number of halogens is 1. The number of aromatic nitrogens is 4. The molecule has 24 heavy (non-hydrogen) atoms. The quantitative estimate of drug-likeness (QED) is 0.522. The molecule has 0 N–H and O–H groups in total. The summed E-state index contributed by atoms with van der Waals surface area (Å²) in [4.78, 5) is 4.52. The van der Waals surface area contributed by atoms with Crippen molar-refractivity contribution in [2.24, 2.45) is 7.05 Å². The topological polar surface area (TPSA) is 56.7 Å². The van der Waals surface area contributed by atoms with Gasteiger partial charge in [0.05, 0.1) is 5.69 Å². The Hall–Kier alpha value is -2.73. The fraction of sp³-hybridized carbons (Fsp3) is 0.0556. The summed E-state index contributed by atoms with van der Waals surface area (Å²) >= 11 is 3.45. The Labute approximate surface area is 147 Å². The Morgan fingerprint density at radius 1 is 0.958 bits per heavy atom. The van der Waals surface area contributed by atoms with Gasteiger partial charge < -0.3 is 4.52 Å². The van der Waals surface area contributed by atoms with Crippen LogP contribution in [0.2, 0.25) is 0 Å². The molecule has 0 saturated heterocycles. The van der Waals surface area contributed by atoms with Crippen LogP contribution in [0.3, 0.4) is 0 Å². The predicted molar refractivity (Wildman–Crippen MR) is 95.1 cm³/mol. The molecule has 0 spiro atoms. The summed E-state index contributed by atoms with van der Waals surface area (Å²) in [5.41, 5.74) is 3.87. The van der Waals surface area contributed by atoms with E-state index in [0.29, 0.717) is 11.7 Å². The molecule has 0 unspecified atom stereocenters. The summed E-state index contributed by atoms with van der Waals surface area (Å²) in [6, 6.07) is 17.8. The van der Waals surface area contributed by atoms with E-state index in [9.17, 15) is 0 Å². The molecule has 0 radical (unpaired) electrons. The van der Waals surface area contributed by atoms with E-state index >= 15 is 0 Å². The van der Waals surface area contributed by atoms with Crippen molar-refractivity contribution in [3.05, 3.63) is 65.3 Å². The van der Waals surface area contributed by atoms with E-state index in [2.05, 4.69) is 31.2 Å². The molecule has 0 aliphatic rings. The van der Waals surface area contributed by atoms with E-state index in [1.54, 1.807) is 6.20 Å². The third-order valence-corrected chi connectivity index (χ3v) is 4.23. The van der Waals surface area contributed by atoms with Crippen molar-refractivity contribution in [3.63, 3.8) is 0 Å². The molecule has 4 aromatic rings. The first-order valence-electron chi connectivity index (χ1n) is 7.39. The van der Waals surface area contributed by atoms with Gasteiger partial charge >= 0.3 is 0 Å². The van der Waals surface area contributed by atoms with Crippen molar-refractivity contribution < 1.29 is 4.52 Å². The molecule has 2 aromatic carbocycles. The zero-order valence-electron chi connectivity index (χ0n) is 12.8. The summed E-state index contributed by atoms with van der Waals surface area (Å²) in [6.45, 7) is 0. The van der Waals surface area contributed by atoms with E-state index in [1.807, 2.05) is 66.3 Å². The maximum Gasteiger partial charge on any atom is 0.258 e. The molecule has 0 saturated carbocycles. The first-order valence-corrected chi connectivity index (χ1v) is 8.18. The number of rotatable bonds is 3.